The number of alkyl carbamates (subject to hydrolysis) is 1. The number of hydrogen-bond acceptors (Lipinski definition) is 4. The third-order valence-corrected chi connectivity index (χ3v) is 5.80. The van der Waals surface area contributed by atoms with Crippen LogP contribution in [0.4, 0.5) is 4.79 Å². The molecule has 0 spiro atoms. The Morgan fingerprint density at radius 1 is 0.844 bits per heavy atom. The highest BCUT2D eigenvalue weighted by molar-refractivity contribution is 5.89. The number of aliphatic carboxylic acids is 1. The number of ether oxygens (including phenoxy) is 1. The van der Waals surface area contributed by atoms with Crippen molar-refractivity contribution >= 4 is 18.0 Å². The molecule has 0 heterocycles. The Hall–Kier alpha value is -3.35. The fraction of sp³-hybridized carbons (Fsp3) is 0.400. The molecule has 2 atom stereocenters. The molecule has 7 nitrogen and oxygen atoms in total. The minimum atomic E-state index is -1.11. The summed E-state index contributed by atoms with van der Waals surface area (Å²) in [6.45, 7) is 7.11. The molecule has 0 aromatic heterocycles. The van der Waals surface area contributed by atoms with Crippen molar-refractivity contribution in [3.8, 4) is 11.1 Å². The van der Waals surface area contributed by atoms with E-state index in [1.165, 1.54) is 0 Å². The van der Waals surface area contributed by atoms with E-state index in [-0.39, 0.29) is 24.4 Å². The molecule has 1 aliphatic carbocycles. The topological polar surface area (TPSA) is 105 Å². The first kappa shape index (κ1) is 23.3. The van der Waals surface area contributed by atoms with Gasteiger partial charge in [-0.05, 0) is 34.1 Å². The molecule has 1 unspecified atom stereocenters. The predicted molar refractivity (Wildman–Crippen MR) is 121 cm³/mol. The van der Waals surface area contributed by atoms with Gasteiger partial charge in [0, 0.05) is 5.92 Å². The van der Waals surface area contributed by atoms with Crippen molar-refractivity contribution in [2.45, 2.75) is 45.7 Å². The maximum atomic E-state index is 12.7. The molecule has 0 bridgehead atoms. The SMILES string of the molecule is CC(C)C(NC(=O)OCC1c2ccccc2-c2ccccc21)C(=O)N[C@@H](C(=O)O)C(C)C. The average Bonchev–Trinajstić information content (AvgIpc) is 3.07. The largest absolute Gasteiger partial charge is 0.480 e. The number of rotatable bonds is 8. The second-order valence-corrected chi connectivity index (χ2v) is 8.76. The molecule has 0 saturated heterocycles. The summed E-state index contributed by atoms with van der Waals surface area (Å²) in [6, 6.07) is 14.1. The van der Waals surface area contributed by atoms with Crippen LogP contribution < -0.4 is 10.6 Å². The van der Waals surface area contributed by atoms with Crippen LogP contribution in [-0.4, -0.2) is 41.8 Å². The number of hydrogen-bond donors (Lipinski definition) is 3. The summed E-state index contributed by atoms with van der Waals surface area (Å²) in [5.41, 5.74) is 4.46. The number of benzene rings is 2. The summed E-state index contributed by atoms with van der Waals surface area (Å²) >= 11 is 0. The van der Waals surface area contributed by atoms with Crippen LogP contribution in [0.3, 0.4) is 0 Å². The van der Waals surface area contributed by atoms with E-state index in [1.807, 2.05) is 36.4 Å². The number of fused-ring (bicyclic) bond motifs is 3. The minimum absolute atomic E-state index is 0.0863. The van der Waals surface area contributed by atoms with Crippen LogP contribution in [0.2, 0.25) is 0 Å². The van der Waals surface area contributed by atoms with E-state index in [0.717, 1.165) is 22.3 Å². The zero-order valence-electron chi connectivity index (χ0n) is 18.8. The zero-order chi connectivity index (χ0) is 23.4. The van der Waals surface area contributed by atoms with Gasteiger partial charge in [0.25, 0.3) is 0 Å². The van der Waals surface area contributed by atoms with Gasteiger partial charge in [-0.15, -0.1) is 0 Å². The molecular formula is C25H30N2O5. The molecule has 3 N–H and O–H groups in total. The summed E-state index contributed by atoms with van der Waals surface area (Å²) in [5.74, 6) is -2.29. The van der Waals surface area contributed by atoms with Gasteiger partial charge in [0.1, 0.15) is 18.7 Å². The second kappa shape index (κ2) is 9.85. The molecule has 0 saturated carbocycles. The normalized spacial score (nSPS) is 14.4. The summed E-state index contributed by atoms with van der Waals surface area (Å²) in [7, 11) is 0. The maximum Gasteiger partial charge on any atom is 0.407 e. The lowest BCUT2D eigenvalue weighted by Gasteiger charge is -2.25. The van der Waals surface area contributed by atoms with E-state index in [0.29, 0.717) is 0 Å². The maximum absolute atomic E-state index is 12.7. The van der Waals surface area contributed by atoms with Crippen molar-refractivity contribution in [1.29, 1.82) is 0 Å². The number of nitrogens with one attached hydrogen (secondary N) is 2. The molecule has 32 heavy (non-hydrogen) atoms. The van der Waals surface area contributed by atoms with E-state index in [9.17, 15) is 19.5 Å². The molecular weight excluding hydrogens is 408 g/mol. The number of carboxylic acids is 1. The highest BCUT2D eigenvalue weighted by Crippen LogP contribution is 2.44. The number of carbonyl (C=O) groups excluding carboxylic acids is 2. The highest BCUT2D eigenvalue weighted by atomic mass is 16.5. The quantitative estimate of drug-likeness (QED) is 0.582. The lowest BCUT2D eigenvalue weighted by Crippen LogP contribution is -2.55. The lowest BCUT2D eigenvalue weighted by atomic mass is 9.98. The van der Waals surface area contributed by atoms with E-state index < -0.39 is 30.1 Å². The lowest BCUT2D eigenvalue weighted by molar-refractivity contribution is -0.143. The van der Waals surface area contributed by atoms with Gasteiger partial charge < -0.3 is 20.5 Å². The molecule has 1 aliphatic rings. The van der Waals surface area contributed by atoms with Crippen LogP contribution in [-0.2, 0) is 14.3 Å². The highest BCUT2D eigenvalue weighted by Gasteiger charge is 2.32. The summed E-state index contributed by atoms with van der Waals surface area (Å²) < 4.78 is 5.52. The Morgan fingerprint density at radius 2 is 1.34 bits per heavy atom. The third-order valence-electron chi connectivity index (χ3n) is 5.80. The molecule has 3 rings (SSSR count). The first-order chi connectivity index (χ1) is 15.2. The first-order valence-electron chi connectivity index (χ1n) is 10.8. The number of amides is 2. The molecule has 2 aromatic carbocycles. The third kappa shape index (κ3) is 4.93. The van der Waals surface area contributed by atoms with Crippen molar-refractivity contribution in [2.24, 2.45) is 11.8 Å². The standard InChI is InChI=1S/C25H30N2O5/c1-14(2)21(23(28)26-22(15(3)4)24(29)30)27-25(31)32-13-20-18-11-7-5-9-16(18)17-10-6-8-12-19(17)20/h5-12,14-15,20-22H,13H2,1-4H3,(H,26,28)(H,27,31)(H,29,30)/t21?,22-/m1/s1. The Morgan fingerprint density at radius 3 is 1.81 bits per heavy atom. The minimum Gasteiger partial charge on any atom is -0.480 e. The Balaban J connectivity index is 1.67. The van der Waals surface area contributed by atoms with E-state index in [1.54, 1.807) is 27.7 Å². The van der Waals surface area contributed by atoms with Crippen LogP contribution in [0, 0.1) is 11.8 Å². The molecule has 0 radical (unpaired) electrons. The van der Waals surface area contributed by atoms with Gasteiger partial charge in [0.2, 0.25) is 5.91 Å². The Bertz CT molecular complexity index is 956. The molecule has 2 amide bonds. The van der Waals surface area contributed by atoms with Crippen molar-refractivity contribution in [3.63, 3.8) is 0 Å². The van der Waals surface area contributed by atoms with Crippen molar-refractivity contribution < 1.29 is 24.2 Å². The molecule has 0 aliphatic heterocycles. The van der Waals surface area contributed by atoms with Crippen LogP contribution in [0.25, 0.3) is 11.1 Å². The van der Waals surface area contributed by atoms with Gasteiger partial charge in [-0.25, -0.2) is 9.59 Å². The molecule has 170 valence electrons. The Kier molecular flexibility index (Phi) is 7.18. The summed E-state index contributed by atoms with van der Waals surface area (Å²) in [4.78, 5) is 36.7. The predicted octanol–water partition coefficient (Wildman–Crippen LogP) is 3.78. The van der Waals surface area contributed by atoms with Crippen LogP contribution in [0.1, 0.15) is 44.7 Å². The van der Waals surface area contributed by atoms with Crippen molar-refractivity contribution in [3.05, 3.63) is 59.7 Å². The molecule has 0 fully saturated rings. The van der Waals surface area contributed by atoms with Crippen LogP contribution >= 0.6 is 0 Å². The van der Waals surface area contributed by atoms with Crippen LogP contribution in [0.5, 0.6) is 0 Å². The van der Waals surface area contributed by atoms with Gasteiger partial charge >= 0.3 is 12.1 Å². The van der Waals surface area contributed by atoms with Gasteiger partial charge in [0.05, 0.1) is 0 Å². The first-order valence-corrected chi connectivity index (χ1v) is 10.8. The fourth-order valence-corrected chi connectivity index (χ4v) is 4.06. The zero-order valence-corrected chi connectivity index (χ0v) is 18.8. The van der Waals surface area contributed by atoms with Gasteiger partial charge in [0.15, 0.2) is 0 Å². The van der Waals surface area contributed by atoms with Gasteiger partial charge in [-0.3, -0.25) is 4.79 Å². The second-order valence-electron chi connectivity index (χ2n) is 8.76. The summed E-state index contributed by atoms with van der Waals surface area (Å²) in [5, 5.41) is 14.5. The van der Waals surface area contributed by atoms with Gasteiger partial charge in [-0.2, -0.15) is 0 Å². The average molecular weight is 439 g/mol. The van der Waals surface area contributed by atoms with E-state index >= 15 is 0 Å². The number of carboxylic acid groups (broad SMARTS) is 1. The number of carbonyl (C=O) groups is 3. The molecule has 2 aromatic rings. The van der Waals surface area contributed by atoms with Crippen molar-refractivity contribution in [1.82, 2.24) is 10.6 Å². The monoisotopic (exact) mass is 438 g/mol. The molecule has 7 heteroatoms. The smallest absolute Gasteiger partial charge is 0.407 e. The van der Waals surface area contributed by atoms with Crippen LogP contribution in [0.15, 0.2) is 48.5 Å². The van der Waals surface area contributed by atoms with Crippen molar-refractivity contribution in [2.75, 3.05) is 6.61 Å². The van der Waals surface area contributed by atoms with Gasteiger partial charge in [-0.1, -0.05) is 76.2 Å². The van der Waals surface area contributed by atoms with E-state index in [2.05, 4.69) is 22.8 Å². The fourth-order valence-electron chi connectivity index (χ4n) is 4.06. The Labute approximate surface area is 188 Å². The summed E-state index contributed by atoms with van der Waals surface area (Å²) in [6.07, 6.45) is -0.711. The van der Waals surface area contributed by atoms with E-state index in [4.69, 9.17) is 4.74 Å².